The lowest BCUT2D eigenvalue weighted by atomic mass is 10.1. The molecule has 0 aliphatic carbocycles. The van der Waals surface area contributed by atoms with Crippen molar-refractivity contribution in [3.8, 4) is 0 Å². The summed E-state index contributed by atoms with van der Waals surface area (Å²) in [6, 6.07) is 0.753. The average Bonchev–Trinajstić information content (AvgIpc) is 2.33. The maximum Gasteiger partial charge on any atom is 0.0593 e. The van der Waals surface area contributed by atoms with Crippen LogP contribution in [0, 0.1) is 5.92 Å². The molecule has 0 atom stereocenters. The highest BCUT2D eigenvalue weighted by Crippen LogP contribution is 2.09. The van der Waals surface area contributed by atoms with E-state index in [0.29, 0.717) is 5.92 Å². The fourth-order valence-electron chi connectivity index (χ4n) is 2.22. The van der Waals surface area contributed by atoms with Crippen LogP contribution in [-0.4, -0.2) is 50.3 Å². The second-order valence-corrected chi connectivity index (χ2v) is 5.54. The highest BCUT2D eigenvalue weighted by molar-refractivity contribution is 4.76. The highest BCUT2D eigenvalue weighted by atomic mass is 16.5. The predicted octanol–water partition coefficient (Wildman–Crippen LogP) is 2.12. The van der Waals surface area contributed by atoms with Gasteiger partial charge in [0.1, 0.15) is 0 Å². The summed E-state index contributed by atoms with van der Waals surface area (Å²) in [6.07, 6.45) is 3.83. The van der Waals surface area contributed by atoms with Crippen molar-refractivity contribution in [1.82, 2.24) is 10.2 Å². The van der Waals surface area contributed by atoms with Crippen LogP contribution in [-0.2, 0) is 4.74 Å². The van der Waals surface area contributed by atoms with Crippen molar-refractivity contribution >= 4 is 0 Å². The van der Waals surface area contributed by atoms with E-state index in [1.165, 1.54) is 38.9 Å². The Labute approximate surface area is 107 Å². The van der Waals surface area contributed by atoms with Gasteiger partial charge in [0.25, 0.3) is 0 Å². The van der Waals surface area contributed by atoms with Crippen LogP contribution in [0.15, 0.2) is 0 Å². The van der Waals surface area contributed by atoms with Gasteiger partial charge >= 0.3 is 0 Å². The summed E-state index contributed by atoms with van der Waals surface area (Å²) in [7, 11) is 0. The largest absolute Gasteiger partial charge is 0.380 e. The molecule has 0 bridgehead atoms. The number of nitrogens with zero attached hydrogens (tertiary/aromatic N) is 1. The fraction of sp³-hybridized carbons (Fsp3) is 1.00. The summed E-state index contributed by atoms with van der Waals surface area (Å²) in [6.45, 7) is 13.2. The van der Waals surface area contributed by atoms with Gasteiger partial charge in [-0.25, -0.2) is 0 Å². The molecule has 1 rings (SSSR count). The van der Waals surface area contributed by atoms with Gasteiger partial charge in [0, 0.05) is 19.2 Å². The molecule has 1 saturated heterocycles. The van der Waals surface area contributed by atoms with Crippen molar-refractivity contribution < 1.29 is 4.74 Å². The third-order valence-corrected chi connectivity index (χ3v) is 3.27. The van der Waals surface area contributed by atoms with Crippen LogP contribution < -0.4 is 5.32 Å². The monoisotopic (exact) mass is 242 g/mol. The van der Waals surface area contributed by atoms with E-state index in [0.717, 1.165) is 25.8 Å². The summed E-state index contributed by atoms with van der Waals surface area (Å²) in [4.78, 5) is 2.53. The Balaban J connectivity index is 1.99. The van der Waals surface area contributed by atoms with E-state index in [-0.39, 0.29) is 0 Å². The number of likely N-dealkylation sites (tertiary alicyclic amines) is 1. The van der Waals surface area contributed by atoms with E-state index in [9.17, 15) is 0 Å². The van der Waals surface area contributed by atoms with Gasteiger partial charge < -0.3 is 15.0 Å². The maximum absolute atomic E-state index is 5.63. The van der Waals surface area contributed by atoms with E-state index >= 15 is 0 Å². The van der Waals surface area contributed by atoms with Crippen LogP contribution in [0.3, 0.4) is 0 Å². The first-order chi connectivity index (χ1) is 8.22. The molecule has 17 heavy (non-hydrogen) atoms. The molecule has 1 aliphatic heterocycles. The standard InChI is InChI=1S/C14H30N2O/c1-4-7-15-14-5-8-16(9-6-14)10-11-17-12-13(2)3/h13-15H,4-12H2,1-3H3. The zero-order valence-electron chi connectivity index (χ0n) is 11.9. The quantitative estimate of drug-likeness (QED) is 0.660. The zero-order chi connectivity index (χ0) is 12.5. The van der Waals surface area contributed by atoms with Gasteiger partial charge in [-0.15, -0.1) is 0 Å². The molecule has 1 heterocycles. The highest BCUT2D eigenvalue weighted by Gasteiger charge is 2.17. The first-order valence-corrected chi connectivity index (χ1v) is 7.25. The third-order valence-electron chi connectivity index (χ3n) is 3.27. The second kappa shape index (κ2) is 8.90. The maximum atomic E-state index is 5.63. The molecule has 0 spiro atoms. The lowest BCUT2D eigenvalue weighted by molar-refractivity contribution is 0.0765. The Bertz CT molecular complexity index is 177. The fourth-order valence-corrected chi connectivity index (χ4v) is 2.22. The Morgan fingerprint density at radius 2 is 2.00 bits per heavy atom. The minimum absolute atomic E-state index is 0.652. The van der Waals surface area contributed by atoms with E-state index in [1.807, 2.05) is 0 Å². The number of piperidine rings is 1. The first-order valence-electron chi connectivity index (χ1n) is 7.25. The van der Waals surface area contributed by atoms with Crippen LogP contribution in [0.5, 0.6) is 0 Å². The average molecular weight is 242 g/mol. The van der Waals surface area contributed by atoms with Crippen LogP contribution in [0.2, 0.25) is 0 Å². The number of nitrogens with one attached hydrogen (secondary N) is 1. The van der Waals surface area contributed by atoms with Gasteiger partial charge in [0.05, 0.1) is 6.61 Å². The van der Waals surface area contributed by atoms with Gasteiger partial charge in [-0.05, 0) is 44.8 Å². The predicted molar refractivity (Wildman–Crippen MR) is 73.4 cm³/mol. The molecule has 3 heteroatoms. The van der Waals surface area contributed by atoms with Crippen molar-refractivity contribution in [1.29, 1.82) is 0 Å². The van der Waals surface area contributed by atoms with E-state index < -0.39 is 0 Å². The smallest absolute Gasteiger partial charge is 0.0593 e. The molecule has 0 aromatic heterocycles. The lowest BCUT2D eigenvalue weighted by Crippen LogP contribution is -2.43. The van der Waals surface area contributed by atoms with Crippen LogP contribution in [0.4, 0.5) is 0 Å². The number of rotatable bonds is 8. The number of ether oxygens (including phenoxy) is 1. The van der Waals surface area contributed by atoms with Gasteiger partial charge in [0.15, 0.2) is 0 Å². The molecule has 102 valence electrons. The van der Waals surface area contributed by atoms with Crippen molar-refractivity contribution in [3.63, 3.8) is 0 Å². The molecular weight excluding hydrogens is 212 g/mol. The lowest BCUT2D eigenvalue weighted by Gasteiger charge is -2.32. The van der Waals surface area contributed by atoms with E-state index in [4.69, 9.17) is 4.74 Å². The number of hydrogen-bond donors (Lipinski definition) is 1. The van der Waals surface area contributed by atoms with Crippen molar-refractivity contribution in [2.75, 3.05) is 39.4 Å². The minimum atomic E-state index is 0.652. The van der Waals surface area contributed by atoms with Crippen LogP contribution >= 0.6 is 0 Å². The van der Waals surface area contributed by atoms with Crippen molar-refractivity contribution in [3.05, 3.63) is 0 Å². The molecule has 0 saturated carbocycles. The molecule has 1 N–H and O–H groups in total. The minimum Gasteiger partial charge on any atom is -0.380 e. The van der Waals surface area contributed by atoms with Gasteiger partial charge in [-0.2, -0.15) is 0 Å². The molecule has 0 unspecified atom stereocenters. The van der Waals surface area contributed by atoms with Crippen LogP contribution in [0.25, 0.3) is 0 Å². The van der Waals surface area contributed by atoms with Crippen LogP contribution in [0.1, 0.15) is 40.0 Å². The summed E-state index contributed by atoms with van der Waals surface area (Å²) in [5.41, 5.74) is 0. The summed E-state index contributed by atoms with van der Waals surface area (Å²) in [5, 5.41) is 3.62. The summed E-state index contributed by atoms with van der Waals surface area (Å²) < 4.78 is 5.63. The van der Waals surface area contributed by atoms with Crippen molar-refractivity contribution in [2.45, 2.75) is 46.1 Å². The van der Waals surface area contributed by atoms with Gasteiger partial charge in [0.2, 0.25) is 0 Å². The normalized spacial score (nSPS) is 19.1. The SMILES string of the molecule is CCCNC1CCN(CCOCC(C)C)CC1. The number of hydrogen-bond acceptors (Lipinski definition) is 3. The molecule has 3 nitrogen and oxygen atoms in total. The molecule has 0 aromatic rings. The molecule has 0 aromatic carbocycles. The van der Waals surface area contributed by atoms with Gasteiger partial charge in [-0.1, -0.05) is 20.8 Å². The molecule has 1 fully saturated rings. The summed E-state index contributed by atoms with van der Waals surface area (Å²) >= 11 is 0. The molecular formula is C14H30N2O. The molecule has 1 aliphatic rings. The van der Waals surface area contributed by atoms with Gasteiger partial charge in [-0.3, -0.25) is 0 Å². The van der Waals surface area contributed by atoms with Crippen molar-refractivity contribution in [2.24, 2.45) is 5.92 Å². The Kier molecular flexibility index (Phi) is 7.82. The van der Waals surface area contributed by atoms with E-state index in [2.05, 4.69) is 31.0 Å². The Hall–Kier alpha value is -0.120. The Morgan fingerprint density at radius 3 is 2.59 bits per heavy atom. The topological polar surface area (TPSA) is 24.5 Å². The van der Waals surface area contributed by atoms with E-state index in [1.54, 1.807) is 0 Å². The zero-order valence-corrected chi connectivity index (χ0v) is 11.9. The third kappa shape index (κ3) is 7.02. The Morgan fingerprint density at radius 1 is 1.29 bits per heavy atom. The molecule has 0 radical (unpaired) electrons. The first kappa shape index (κ1) is 14.9. The summed E-state index contributed by atoms with van der Waals surface area (Å²) in [5.74, 6) is 0.652. The second-order valence-electron chi connectivity index (χ2n) is 5.54. The molecule has 0 amide bonds.